The van der Waals surface area contributed by atoms with Crippen molar-refractivity contribution in [3.63, 3.8) is 0 Å². The van der Waals surface area contributed by atoms with Gasteiger partial charge in [-0.05, 0) is 61.5 Å². The summed E-state index contributed by atoms with van der Waals surface area (Å²) in [6, 6.07) is 18.5. The second kappa shape index (κ2) is 12.1. The Labute approximate surface area is 243 Å². The number of halogens is 1. The number of ether oxygens (including phenoxy) is 3. The number of anilines is 1. The van der Waals surface area contributed by atoms with Gasteiger partial charge in [0.25, 0.3) is 5.91 Å². The summed E-state index contributed by atoms with van der Waals surface area (Å²) in [6.45, 7) is 5.17. The van der Waals surface area contributed by atoms with Gasteiger partial charge in [-0.25, -0.2) is 9.02 Å². The molecule has 2 aliphatic rings. The van der Waals surface area contributed by atoms with Crippen LogP contribution in [0.4, 0.5) is 10.1 Å². The van der Waals surface area contributed by atoms with Crippen molar-refractivity contribution in [1.82, 2.24) is 20.1 Å². The smallest absolute Gasteiger partial charge is 0.260 e. The minimum absolute atomic E-state index is 0.0912. The average Bonchev–Trinajstić information content (AvgIpc) is 3.64. The van der Waals surface area contributed by atoms with Gasteiger partial charge in [-0.2, -0.15) is 0 Å². The highest BCUT2D eigenvalue weighted by Crippen LogP contribution is 2.37. The molecule has 0 aliphatic carbocycles. The van der Waals surface area contributed by atoms with Crippen molar-refractivity contribution >= 4 is 11.6 Å². The molecule has 3 aromatic carbocycles. The Balaban J connectivity index is 1.15. The Bertz CT molecular complexity index is 1570. The monoisotopic (exact) mass is 573 g/mol. The zero-order valence-electron chi connectivity index (χ0n) is 23.6. The largest absolute Gasteiger partial charge is 0.483 e. The van der Waals surface area contributed by atoms with Gasteiger partial charge in [0.05, 0.1) is 5.69 Å². The summed E-state index contributed by atoms with van der Waals surface area (Å²) in [5.74, 6) is 1.70. The number of piperazine rings is 1. The van der Waals surface area contributed by atoms with Gasteiger partial charge in [0.2, 0.25) is 6.79 Å². The van der Waals surface area contributed by atoms with Crippen molar-refractivity contribution < 1.29 is 28.0 Å². The van der Waals surface area contributed by atoms with E-state index in [2.05, 4.69) is 21.3 Å². The lowest BCUT2D eigenvalue weighted by atomic mass is 10.0. The first kappa shape index (κ1) is 27.5. The molecule has 0 saturated carbocycles. The minimum atomic E-state index is -0.253. The van der Waals surface area contributed by atoms with E-state index in [0.717, 1.165) is 33.8 Å². The number of fused-ring (bicyclic) bond motifs is 1. The fourth-order valence-corrected chi connectivity index (χ4v) is 5.23. The number of nitrogens with zero attached hydrogens (tertiary/aromatic N) is 5. The van der Waals surface area contributed by atoms with Crippen LogP contribution in [0.15, 0.2) is 65.3 Å². The lowest BCUT2D eigenvalue weighted by Gasteiger charge is -2.36. The quantitative estimate of drug-likeness (QED) is 0.291. The van der Waals surface area contributed by atoms with Crippen LogP contribution in [0.1, 0.15) is 17.0 Å². The number of amides is 1. The van der Waals surface area contributed by atoms with Crippen LogP contribution in [-0.4, -0.2) is 72.6 Å². The van der Waals surface area contributed by atoms with Gasteiger partial charge in [0, 0.05) is 44.8 Å². The second-order valence-corrected chi connectivity index (χ2v) is 10.5. The molecule has 3 heterocycles. The van der Waals surface area contributed by atoms with Crippen LogP contribution in [0.25, 0.3) is 11.1 Å². The van der Waals surface area contributed by atoms with Crippen LogP contribution in [0, 0.1) is 12.7 Å². The standard InChI is InChI=1S/C31H32FN5O5/c1-21-26(34-42-33-21)18-35(2)17-24-15-22(23-8-10-29-30(16-23)41-20-40-29)7-9-28(24)39-19-31(38)37-13-11-36(12-14-37)27-6-4-3-5-25(27)32/h3-10,15-16H,11-14,17-20H2,1-2H3. The molecule has 10 nitrogen and oxygen atoms in total. The number of hydrogen-bond acceptors (Lipinski definition) is 9. The first-order valence-corrected chi connectivity index (χ1v) is 13.8. The molecule has 1 aromatic heterocycles. The first-order chi connectivity index (χ1) is 20.4. The molecule has 6 rings (SSSR count). The van der Waals surface area contributed by atoms with E-state index >= 15 is 0 Å². The lowest BCUT2D eigenvalue weighted by molar-refractivity contribution is -0.133. The summed E-state index contributed by atoms with van der Waals surface area (Å²) in [6.07, 6.45) is 0. The molecule has 1 fully saturated rings. The third-order valence-corrected chi connectivity index (χ3v) is 7.55. The Morgan fingerprint density at radius 1 is 0.952 bits per heavy atom. The molecule has 0 radical (unpaired) electrons. The summed E-state index contributed by atoms with van der Waals surface area (Å²) in [4.78, 5) is 18.9. The number of benzene rings is 3. The Morgan fingerprint density at radius 2 is 1.71 bits per heavy atom. The van der Waals surface area contributed by atoms with E-state index in [1.54, 1.807) is 17.0 Å². The molecule has 0 unspecified atom stereocenters. The fraction of sp³-hybridized carbons (Fsp3) is 0.323. The molecule has 2 aliphatic heterocycles. The summed E-state index contributed by atoms with van der Waals surface area (Å²) >= 11 is 0. The van der Waals surface area contributed by atoms with Crippen LogP contribution >= 0.6 is 0 Å². The van der Waals surface area contributed by atoms with Crippen molar-refractivity contribution in [2.45, 2.75) is 20.0 Å². The van der Waals surface area contributed by atoms with Gasteiger partial charge in [-0.15, -0.1) is 0 Å². The zero-order chi connectivity index (χ0) is 29.1. The molecule has 11 heteroatoms. The van der Waals surface area contributed by atoms with Crippen molar-refractivity contribution in [2.75, 3.05) is 51.5 Å². The van der Waals surface area contributed by atoms with Gasteiger partial charge >= 0.3 is 0 Å². The third kappa shape index (κ3) is 6.01. The van der Waals surface area contributed by atoms with E-state index in [-0.39, 0.29) is 25.1 Å². The Morgan fingerprint density at radius 3 is 2.50 bits per heavy atom. The van der Waals surface area contributed by atoms with E-state index in [1.165, 1.54) is 6.07 Å². The Kier molecular flexibility index (Phi) is 7.91. The normalized spacial score (nSPS) is 14.5. The SMILES string of the molecule is Cc1nonc1CN(C)Cc1cc(-c2ccc3c(c2)OCO3)ccc1OCC(=O)N1CCN(c2ccccc2F)CC1. The van der Waals surface area contributed by atoms with Crippen LogP contribution in [0.3, 0.4) is 0 Å². The van der Waals surface area contributed by atoms with E-state index in [1.807, 2.05) is 55.3 Å². The van der Waals surface area contributed by atoms with Crippen molar-refractivity contribution in [3.05, 3.63) is 83.4 Å². The van der Waals surface area contributed by atoms with Gasteiger partial charge in [-0.1, -0.05) is 34.6 Å². The third-order valence-electron chi connectivity index (χ3n) is 7.55. The van der Waals surface area contributed by atoms with Gasteiger partial charge in [-0.3, -0.25) is 9.69 Å². The molecule has 4 aromatic rings. The van der Waals surface area contributed by atoms with E-state index in [9.17, 15) is 9.18 Å². The number of rotatable bonds is 9. The maximum Gasteiger partial charge on any atom is 0.260 e. The van der Waals surface area contributed by atoms with Crippen molar-refractivity contribution in [3.8, 4) is 28.4 Å². The highest BCUT2D eigenvalue weighted by atomic mass is 19.1. The molecular formula is C31H32FN5O5. The maximum atomic E-state index is 14.2. The van der Waals surface area contributed by atoms with Gasteiger partial charge < -0.3 is 24.0 Å². The number of carbonyl (C=O) groups is 1. The highest BCUT2D eigenvalue weighted by molar-refractivity contribution is 5.78. The Hall–Kier alpha value is -4.64. The van der Waals surface area contributed by atoms with Gasteiger partial charge in [0.15, 0.2) is 18.1 Å². The summed E-state index contributed by atoms with van der Waals surface area (Å²) in [5.41, 5.74) is 4.95. The molecule has 218 valence electrons. The average molecular weight is 574 g/mol. The summed E-state index contributed by atoms with van der Waals surface area (Å²) < 4.78 is 36.2. The number of aryl methyl sites for hydroxylation is 1. The highest BCUT2D eigenvalue weighted by Gasteiger charge is 2.24. The van der Waals surface area contributed by atoms with Crippen LogP contribution in [0.2, 0.25) is 0 Å². The molecule has 0 spiro atoms. The van der Waals surface area contributed by atoms with Gasteiger partial charge in [0.1, 0.15) is 23.0 Å². The topological polar surface area (TPSA) is 93.4 Å². The molecule has 1 amide bonds. The number of carbonyl (C=O) groups excluding carboxylic acids is 1. The molecule has 0 bridgehead atoms. The molecule has 0 N–H and O–H groups in total. The fourth-order valence-electron chi connectivity index (χ4n) is 5.23. The zero-order valence-corrected chi connectivity index (χ0v) is 23.6. The number of aromatic nitrogens is 2. The number of para-hydroxylation sites is 1. The van der Waals surface area contributed by atoms with Crippen LogP contribution < -0.4 is 19.1 Å². The molecule has 1 saturated heterocycles. The summed E-state index contributed by atoms with van der Waals surface area (Å²) in [7, 11) is 1.98. The molecule has 0 atom stereocenters. The second-order valence-electron chi connectivity index (χ2n) is 10.5. The number of hydrogen-bond donors (Lipinski definition) is 0. The lowest BCUT2D eigenvalue weighted by Crippen LogP contribution is -2.50. The minimum Gasteiger partial charge on any atom is -0.483 e. The summed E-state index contributed by atoms with van der Waals surface area (Å²) in [5, 5.41) is 7.87. The van der Waals surface area contributed by atoms with Crippen LogP contribution in [-0.2, 0) is 17.9 Å². The van der Waals surface area contributed by atoms with Crippen LogP contribution in [0.5, 0.6) is 17.2 Å². The maximum absolute atomic E-state index is 14.2. The first-order valence-electron chi connectivity index (χ1n) is 13.8. The predicted molar refractivity (Wildman–Crippen MR) is 153 cm³/mol. The van der Waals surface area contributed by atoms with Crippen molar-refractivity contribution in [2.24, 2.45) is 0 Å². The van der Waals surface area contributed by atoms with E-state index in [4.69, 9.17) is 18.8 Å². The van der Waals surface area contributed by atoms with E-state index in [0.29, 0.717) is 56.5 Å². The molecular weight excluding hydrogens is 541 g/mol. The molecule has 42 heavy (non-hydrogen) atoms. The van der Waals surface area contributed by atoms with E-state index < -0.39 is 0 Å². The van der Waals surface area contributed by atoms with Crippen molar-refractivity contribution in [1.29, 1.82) is 0 Å². The predicted octanol–water partition coefficient (Wildman–Crippen LogP) is 4.27.